The van der Waals surface area contributed by atoms with Crippen LogP contribution >= 0.6 is 0 Å². The molecule has 2 saturated carbocycles. The van der Waals surface area contributed by atoms with Crippen LogP contribution in [-0.2, 0) is 9.59 Å². The van der Waals surface area contributed by atoms with Crippen LogP contribution in [0.15, 0.2) is 0 Å². The van der Waals surface area contributed by atoms with E-state index < -0.39 is 11.1 Å². The quantitative estimate of drug-likeness (QED) is 0.638. The normalized spacial score (nSPS) is 30.8. The summed E-state index contributed by atoms with van der Waals surface area (Å²) in [6.45, 7) is 0. The Morgan fingerprint density at radius 3 is 1.31 bits per heavy atom. The fraction of sp³-hybridized carbons (Fsp3) is 0.833. The smallest absolute Gasteiger partial charge is 0.246 e. The maximum Gasteiger partial charge on any atom is 0.246 e. The number of piperazine rings is 1. The molecule has 3 aliphatic rings. The molecule has 2 spiro atoms. The summed E-state index contributed by atoms with van der Waals surface area (Å²) in [5.74, 6) is 0.123. The van der Waals surface area contributed by atoms with E-state index in [0.29, 0.717) is 0 Å². The third kappa shape index (κ3) is 1.22. The van der Waals surface area contributed by atoms with Crippen molar-refractivity contribution in [1.82, 2.24) is 10.6 Å². The van der Waals surface area contributed by atoms with Crippen molar-refractivity contribution in [1.29, 1.82) is 0 Å². The molecule has 1 aliphatic heterocycles. The minimum atomic E-state index is -0.565. The van der Waals surface area contributed by atoms with Crippen molar-refractivity contribution in [2.24, 2.45) is 0 Å². The van der Waals surface area contributed by atoms with E-state index in [9.17, 15) is 9.59 Å². The maximum absolute atomic E-state index is 12.2. The van der Waals surface area contributed by atoms with Crippen molar-refractivity contribution in [2.75, 3.05) is 0 Å². The summed E-state index contributed by atoms with van der Waals surface area (Å²) in [6, 6.07) is 0. The predicted octanol–water partition coefficient (Wildman–Crippen LogP) is 0.858. The SMILES string of the molecule is O=C1NC2(CCCC2)C(=O)NC12CCCC2. The van der Waals surface area contributed by atoms with Crippen LogP contribution in [0.25, 0.3) is 0 Å². The van der Waals surface area contributed by atoms with Gasteiger partial charge in [0.15, 0.2) is 0 Å². The lowest BCUT2D eigenvalue weighted by Crippen LogP contribution is -2.73. The first-order valence-electron chi connectivity index (χ1n) is 6.32. The van der Waals surface area contributed by atoms with Crippen molar-refractivity contribution in [3.05, 3.63) is 0 Å². The highest BCUT2D eigenvalue weighted by Crippen LogP contribution is 2.38. The largest absolute Gasteiger partial charge is 0.340 e. The summed E-state index contributed by atoms with van der Waals surface area (Å²) in [7, 11) is 0. The topological polar surface area (TPSA) is 58.2 Å². The number of hydrogen-bond donors (Lipinski definition) is 2. The van der Waals surface area contributed by atoms with Gasteiger partial charge in [-0.05, 0) is 25.7 Å². The molecular formula is C12H18N2O2. The second-order valence-electron chi connectivity index (χ2n) is 5.49. The van der Waals surface area contributed by atoms with Crippen molar-refractivity contribution in [3.8, 4) is 0 Å². The Bertz CT molecular complexity index is 305. The number of nitrogens with one attached hydrogen (secondary N) is 2. The summed E-state index contributed by atoms with van der Waals surface area (Å²) >= 11 is 0. The van der Waals surface area contributed by atoms with Gasteiger partial charge in [0.1, 0.15) is 11.1 Å². The van der Waals surface area contributed by atoms with Crippen LogP contribution in [0, 0.1) is 0 Å². The molecule has 4 heteroatoms. The molecule has 2 aliphatic carbocycles. The van der Waals surface area contributed by atoms with Gasteiger partial charge in [0.05, 0.1) is 0 Å². The fourth-order valence-electron chi connectivity index (χ4n) is 3.45. The molecule has 1 saturated heterocycles. The van der Waals surface area contributed by atoms with E-state index in [4.69, 9.17) is 0 Å². The van der Waals surface area contributed by atoms with Gasteiger partial charge >= 0.3 is 0 Å². The van der Waals surface area contributed by atoms with Crippen LogP contribution in [-0.4, -0.2) is 22.9 Å². The average molecular weight is 222 g/mol. The molecule has 2 amide bonds. The molecule has 88 valence electrons. The molecule has 0 unspecified atom stereocenters. The Morgan fingerprint density at radius 2 is 1.00 bits per heavy atom. The number of carbonyl (C=O) groups excluding carboxylic acids is 2. The van der Waals surface area contributed by atoms with Crippen molar-refractivity contribution >= 4 is 11.8 Å². The van der Waals surface area contributed by atoms with E-state index in [1.165, 1.54) is 0 Å². The Kier molecular flexibility index (Phi) is 2.03. The second-order valence-corrected chi connectivity index (χ2v) is 5.49. The fourth-order valence-corrected chi connectivity index (χ4v) is 3.45. The first-order chi connectivity index (χ1) is 7.67. The summed E-state index contributed by atoms with van der Waals surface area (Å²) in [6.07, 6.45) is 7.39. The number of rotatable bonds is 0. The lowest BCUT2D eigenvalue weighted by Gasteiger charge is -2.42. The average Bonchev–Trinajstić information content (AvgIpc) is 2.86. The van der Waals surface area contributed by atoms with Gasteiger partial charge < -0.3 is 10.6 Å². The predicted molar refractivity (Wildman–Crippen MR) is 58.7 cm³/mol. The number of amides is 2. The molecule has 0 aromatic rings. The minimum Gasteiger partial charge on any atom is -0.340 e. The summed E-state index contributed by atoms with van der Waals surface area (Å²) < 4.78 is 0. The van der Waals surface area contributed by atoms with E-state index in [1.807, 2.05) is 0 Å². The Labute approximate surface area is 95.2 Å². The third-order valence-electron chi connectivity index (χ3n) is 4.49. The first kappa shape index (κ1) is 10.1. The van der Waals surface area contributed by atoms with Crippen molar-refractivity contribution in [2.45, 2.75) is 62.4 Å². The first-order valence-corrected chi connectivity index (χ1v) is 6.32. The van der Waals surface area contributed by atoms with Crippen molar-refractivity contribution in [3.63, 3.8) is 0 Å². The van der Waals surface area contributed by atoms with Gasteiger partial charge in [-0.25, -0.2) is 0 Å². The van der Waals surface area contributed by atoms with Gasteiger partial charge in [-0.15, -0.1) is 0 Å². The molecule has 3 fully saturated rings. The van der Waals surface area contributed by atoms with Gasteiger partial charge in [0.25, 0.3) is 0 Å². The molecule has 2 N–H and O–H groups in total. The van der Waals surface area contributed by atoms with Crippen LogP contribution in [0.5, 0.6) is 0 Å². The molecule has 4 nitrogen and oxygen atoms in total. The van der Waals surface area contributed by atoms with Gasteiger partial charge in [-0.1, -0.05) is 25.7 Å². The van der Waals surface area contributed by atoms with Crippen LogP contribution in [0.3, 0.4) is 0 Å². The molecule has 3 rings (SSSR count). The molecule has 0 radical (unpaired) electrons. The molecule has 0 aromatic heterocycles. The molecule has 1 heterocycles. The van der Waals surface area contributed by atoms with Gasteiger partial charge in [-0.3, -0.25) is 9.59 Å². The lowest BCUT2D eigenvalue weighted by molar-refractivity contribution is -0.146. The van der Waals surface area contributed by atoms with Crippen molar-refractivity contribution < 1.29 is 9.59 Å². The molecule has 0 atom stereocenters. The van der Waals surface area contributed by atoms with E-state index in [-0.39, 0.29) is 11.8 Å². The van der Waals surface area contributed by atoms with Crippen LogP contribution in [0.1, 0.15) is 51.4 Å². The van der Waals surface area contributed by atoms with Gasteiger partial charge in [0, 0.05) is 0 Å². The van der Waals surface area contributed by atoms with Crippen LogP contribution in [0.2, 0.25) is 0 Å². The Hall–Kier alpha value is -1.06. The van der Waals surface area contributed by atoms with E-state index in [2.05, 4.69) is 10.6 Å². The van der Waals surface area contributed by atoms with Gasteiger partial charge in [0.2, 0.25) is 11.8 Å². The van der Waals surface area contributed by atoms with E-state index in [0.717, 1.165) is 51.4 Å². The number of carbonyl (C=O) groups is 2. The molecule has 16 heavy (non-hydrogen) atoms. The highest BCUT2D eigenvalue weighted by atomic mass is 16.2. The molecule has 0 bridgehead atoms. The zero-order valence-electron chi connectivity index (χ0n) is 9.47. The van der Waals surface area contributed by atoms with E-state index >= 15 is 0 Å². The Morgan fingerprint density at radius 1 is 0.688 bits per heavy atom. The lowest BCUT2D eigenvalue weighted by atomic mass is 9.85. The number of hydrogen-bond acceptors (Lipinski definition) is 2. The summed E-state index contributed by atoms with van der Waals surface area (Å²) in [4.78, 5) is 24.4. The molecule has 0 aromatic carbocycles. The zero-order valence-corrected chi connectivity index (χ0v) is 9.47. The summed E-state index contributed by atoms with van der Waals surface area (Å²) in [5.41, 5.74) is -1.13. The summed E-state index contributed by atoms with van der Waals surface area (Å²) in [5, 5.41) is 6.05. The third-order valence-corrected chi connectivity index (χ3v) is 4.49. The Balaban J connectivity index is 1.87. The second kappa shape index (κ2) is 3.22. The monoisotopic (exact) mass is 222 g/mol. The highest BCUT2D eigenvalue weighted by molar-refractivity contribution is 6.02. The maximum atomic E-state index is 12.2. The van der Waals surface area contributed by atoms with Crippen LogP contribution in [0.4, 0.5) is 0 Å². The highest BCUT2D eigenvalue weighted by Gasteiger charge is 2.55. The standard InChI is InChI=1S/C12H18N2O2/c15-9-11(5-1-2-6-11)13-10(16)12(14-9)7-3-4-8-12/h1-8H2,(H,13,16)(H,14,15). The van der Waals surface area contributed by atoms with Gasteiger partial charge in [-0.2, -0.15) is 0 Å². The zero-order chi connectivity index (χ0) is 11.2. The minimum absolute atomic E-state index is 0.0616. The van der Waals surface area contributed by atoms with Crippen LogP contribution < -0.4 is 10.6 Å². The molecular weight excluding hydrogens is 204 g/mol. The van der Waals surface area contributed by atoms with E-state index in [1.54, 1.807) is 0 Å².